The van der Waals surface area contributed by atoms with Crippen LogP contribution in [0, 0.1) is 17.3 Å². The van der Waals surface area contributed by atoms with Gasteiger partial charge in [-0.15, -0.1) is 0 Å². The van der Waals surface area contributed by atoms with Gasteiger partial charge in [0, 0.05) is 31.5 Å². The van der Waals surface area contributed by atoms with Crippen molar-refractivity contribution in [2.45, 2.75) is 32.6 Å². The second-order valence-electron chi connectivity index (χ2n) is 7.48. The van der Waals surface area contributed by atoms with Gasteiger partial charge in [0.2, 0.25) is 5.91 Å². The largest absolute Gasteiger partial charge is 0.481 e. The molecule has 5 heteroatoms. The average molecular weight is 345 g/mol. The van der Waals surface area contributed by atoms with Crippen LogP contribution in [-0.4, -0.2) is 48.2 Å². The molecule has 0 aromatic heterocycles. The second-order valence-corrected chi connectivity index (χ2v) is 7.48. The predicted octanol–water partition coefficient (Wildman–Crippen LogP) is 2.60. The van der Waals surface area contributed by atoms with Crippen molar-refractivity contribution in [1.29, 1.82) is 0 Å². The van der Waals surface area contributed by atoms with Gasteiger partial charge in [-0.25, -0.2) is 0 Å². The van der Waals surface area contributed by atoms with Gasteiger partial charge in [-0.3, -0.25) is 9.59 Å². The first-order valence-electron chi connectivity index (χ1n) is 9.17. The van der Waals surface area contributed by atoms with E-state index in [1.165, 1.54) is 5.56 Å². The molecule has 0 saturated carbocycles. The summed E-state index contributed by atoms with van der Waals surface area (Å²) in [7, 11) is 0. The van der Waals surface area contributed by atoms with Crippen LogP contribution in [0.2, 0.25) is 0 Å². The molecule has 25 heavy (non-hydrogen) atoms. The fourth-order valence-electron chi connectivity index (χ4n) is 4.16. The molecule has 1 unspecified atom stereocenters. The molecule has 3 atom stereocenters. The summed E-state index contributed by atoms with van der Waals surface area (Å²) in [5.74, 6) is -0.856. The molecular weight excluding hydrogens is 318 g/mol. The molecule has 1 N–H and O–H groups in total. The van der Waals surface area contributed by atoms with Crippen molar-refractivity contribution in [2.75, 3.05) is 26.3 Å². The minimum Gasteiger partial charge on any atom is -0.481 e. The highest BCUT2D eigenvalue weighted by molar-refractivity contribution is 5.82. The number of aliphatic carboxylic acids is 1. The lowest BCUT2D eigenvalue weighted by atomic mass is 9.74. The van der Waals surface area contributed by atoms with Crippen LogP contribution in [0.1, 0.15) is 31.7 Å². The monoisotopic (exact) mass is 345 g/mol. The number of hydrogen-bond acceptors (Lipinski definition) is 3. The van der Waals surface area contributed by atoms with E-state index in [1.807, 2.05) is 25.1 Å². The number of likely N-dealkylation sites (tertiary alicyclic amines) is 1. The summed E-state index contributed by atoms with van der Waals surface area (Å²) in [5.41, 5.74) is 0.480. The van der Waals surface area contributed by atoms with Crippen LogP contribution >= 0.6 is 0 Å². The second kappa shape index (κ2) is 7.56. The lowest BCUT2D eigenvalue weighted by Gasteiger charge is -2.33. The van der Waals surface area contributed by atoms with Crippen LogP contribution in [-0.2, 0) is 20.7 Å². The van der Waals surface area contributed by atoms with Gasteiger partial charge < -0.3 is 14.7 Å². The Kier molecular flexibility index (Phi) is 5.42. The summed E-state index contributed by atoms with van der Waals surface area (Å²) in [6, 6.07) is 10.3. The molecule has 0 bridgehead atoms. The summed E-state index contributed by atoms with van der Waals surface area (Å²) in [4.78, 5) is 26.4. The maximum atomic E-state index is 12.8. The van der Waals surface area contributed by atoms with E-state index >= 15 is 0 Å². The van der Waals surface area contributed by atoms with Crippen molar-refractivity contribution in [3.05, 3.63) is 35.9 Å². The van der Waals surface area contributed by atoms with Gasteiger partial charge in [0.15, 0.2) is 0 Å². The van der Waals surface area contributed by atoms with Crippen molar-refractivity contribution >= 4 is 11.9 Å². The molecule has 136 valence electrons. The van der Waals surface area contributed by atoms with Crippen molar-refractivity contribution in [2.24, 2.45) is 17.3 Å². The lowest BCUT2D eigenvalue weighted by Crippen LogP contribution is -2.45. The van der Waals surface area contributed by atoms with Crippen molar-refractivity contribution < 1.29 is 19.4 Å². The van der Waals surface area contributed by atoms with Crippen molar-refractivity contribution in [1.82, 2.24) is 4.90 Å². The Hall–Kier alpha value is -1.88. The molecule has 0 radical (unpaired) electrons. The van der Waals surface area contributed by atoms with Gasteiger partial charge in [-0.2, -0.15) is 0 Å². The first-order chi connectivity index (χ1) is 12.0. The van der Waals surface area contributed by atoms with Gasteiger partial charge in [0.05, 0.1) is 12.0 Å². The summed E-state index contributed by atoms with van der Waals surface area (Å²) < 4.78 is 5.46. The summed E-state index contributed by atoms with van der Waals surface area (Å²) in [6.45, 7) is 3.71. The molecule has 3 rings (SSSR count). The minimum atomic E-state index is -0.808. The van der Waals surface area contributed by atoms with Crippen LogP contribution in [0.4, 0.5) is 0 Å². The van der Waals surface area contributed by atoms with Crippen LogP contribution < -0.4 is 0 Å². The Morgan fingerprint density at radius 2 is 2.12 bits per heavy atom. The number of carboxylic acids is 1. The molecule has 2 heterocycles. The Labute approximate surface area is 149 Å². The molecule has 2 aliphatic rings. The van der Waals surface area contributed by atoms with E-state index in [2.05, 4.69) is 12.1 Å². The third-order valence-corrected chi connectivity index (χ3v) is 5.81. The predicted molar refractivity (Wildman–Crippen MR) is 94.1 cm³/mol. The number of carboxylic acid groups (broad SMARTS) is 1. The van der Waals surface area contributed by atoms with Crippen molar-refractivity contribution in [3.63, 3.8) is 0 Å². The number of fused-ring (bicyclic) bond motifs is 1. The van der Waals surface area contributed by atoms with Crippen LogP contribution in [0.25, 0.3) is 0 Å². The highest BCUT2D eigenvalue weighted by Crippen LogP contribution is 2.42. The highest BCUT2D eigenvalue weighted by atomic mass is 16.5. The molecule has 2 saturated heterocycles. The van der Waals surface area contributed by atoms with Crippen LogP contribution in [0.3, 0.4) is 0 Å². The number of hydrogen-bond donors (Lipinski definition) is 1. The normalized spacial score (nSPS) is 26.9. The average Bonchev–Trinajstić information content (AvgIpc) is 3.03. The van der Waals surface area contributed by atoms with Gasteiger partial charge in [-0.1, -0.05) is 37.3 Å². The molecule has 1 aromatic rings. The standard InChI is InChI=1S/C20H27NO4/c1-15(6-5-9-16-7-3-2-4-8-16)18(22)21-12-17-13-25-11-10-20(17,14-21)19(23)24/h2-4,7-8,15,17H,5-6,9-14H2,1H3,(H,23,24)/t15?,17-,20+/m0/s1. The molecule has 5 nitrogen and oxygen atoms in total. The molecule has 1 aromatic carbocycles. The van der Waals surface area contributed by atoms with E-state index in [0.717, 1.165) is 19.3 Å². The first-order valence-corrected chi connectivity index (χ1v) is 9.17. The van der Waals surface area contributed by atoms with E-state index in [1.54, 1.807) is 4.90 Å². The highest BCUT2D eigenvalue weighted by Gasteiger charge is 2.55. The number of benzene rings is 1. The first kappa shape index (κ1) is 17.9. The Morgan fingerprint density at radius 1 is 1.36 bits per heavy atom. The fourth-order valence-corrected chi connectivity index (χ4v) is 4.16. The van der Waals surface area contributed by atoms with Gasteiger partial charge in [0.1, 0.15) is 0 Å². The topological polar surface area (TPSA) is 66.8 Å². The summed E-state index contributed by atoms with van der Waals surface area (Å²) >= 11 is 0. The van der Waals surface area contributed by atoms with Gasteiger partial charge in [-0.05, 0) is 31.2 Å². The molecule has 0 aliphatic carbocycles. The number of amides is 1. The molecular formula is C20H27NO4. The van der Waals surface area contributed by atoms with E-state index in [4.69, 9.17) is 4.74 Å². The van der Waals surface area contributed by atoms with Crippen LogP contribution in [0.15, 0.2) is 30.3 Å². The number of ether oxygens (including phenoxy) is 1. The lowest BCUT2D eigenvalue weighted by molar-refractivity contribution is -0.157. The molecule has 1 amide bonds. The number of carbonyl (C=O) groups excluding carboxylic acids is 1. The number of rotatable bonds is 6. The Balaban J connectivity index is 1.55. The van der Waals surface area contributed by atoms with Crippen molar-refractivity contribution in [3.8, 4) is 0 Å². The molecule has 2 fully saturated rings. The smallest absolute Gasteiger partial charge is 0.311 e. The third kappa shape index (κ3) is 3.71. The van der Waals surface area contributed by atoms with E-state index in [9.17, 15) is 14.7 Å². The quantitative estimate of drug-likeness (QED) is 0.860. The zero-order chi connectivity index (χ0) is 17.9. The molecule has 2 aliphatic heterocycles. The SMILES string of the molecule is CC(CCCc1ccccc1)C(=O)N1C[C@H]2COCC[C@@]2(C(=O)O)C1. The third-order valence-electron chi connectivity index (χ3n) is 5.81. The van der Waals surface area contributed by atoms with Crippen LogP contribution in [0.5, 0.6) is 0 Å². The van der Waals surface area contributed by atoms with E-state index in [-0.39, 0.29) is 17.7 Å². The fraction of sp³-hybridized carbons (Fsp3) is 0.600. The minimum absolute atomic E-state index is 0.0735. The number of aryl methyl sites for hydroxylation is 1. The zero-order valence-electron chi connectivity index (χ0n) is 14.8. The summed E-state index contributed by atoms with van der Waals surface area (Å²) in [5, 5.41) is 9.71. The zero-order valence-corrected chi connectivity index (χ0v) is 14.8. The molecule has 0 spiro atoms. The van der Waals surface area contributed by atoms with E-state index in [0.29, 0.717) is 32.7 Å². The summed E-state index contributed by atoms with van der Waals surface area (Å²) in [6.07, 6.45) is 3.25. The van der Waals surface area contributed by atoms with Gasteiger partial charge >= 0.3 is 5.97 Å². The maximum Gasteiger partial charge on any atom is 0.311 e. The Morgan fingerprint density at radius 3 is 2.80 bits per heavy atom. The van der Waals surface area contributed by atoms with E-state index < -0.39 is 11.4 Å². The maximum absolute atomic E-state index is 12.8. The number of carbonyl (C=O) groups is 2. The van der Waals surface area contributed by atoms with Gasteiger partial charge in [0.25, 0.3) is 0 Å². The Bertz CT molecular complexity index is 617. The number of nitrogens with zero attached hydrogens (tertiary/aromatic N) is 1.